The SMILES string of the molecule is CNCc1ccc(Cl)cc1Oc1cc(F)ccc1C. The highest BCUT2D eigenvalue weighted by Crippen LogP contribution is 2.30. The van der Waals surface area contributed by atoms with E-state index >= 15 is 0 Å². The maximum absolute atomic E-state index is 13.3. The van der Waals surface area contributed by atoms with Crippen molar-refractivity contribution >= 4 is 11.6 Å². The Bertz CT molecular complexity index is 586. The second-order valence-electron chi connectivity index (χ2n) is 4.29. The number of rotatable bonds is 4. The Labute approximate surface area is 117 Å². The second kappa shape index (κ2) is 6.04. The van der Waals surface area contributed by atoms with Gasteiger partial charge in [0.2, 0.25) is 0 Å². The number of halogens is 2. The molecule has 4 heteroatoms. The van der Waals surface area contributed by atoms with Crippen molar-refractivity contribution in [1.82, 2.24) is 5.32 Å². The van der Waals surface area contributed by atoms with Gasteiger partial charge >= 0.3 is 0 Å². The standard InChI is InChI=1S/C15H15ClFNO/c1-10-3-6-13(17)8-14(10)19-15-7-12(16)5-4-11(15)9-18-2/h3-8,18H,9H2,1-2H3. The van der Waals surface area contributed by atoms with E-state index in [4.69, 9.17) is 16.3 Å². The molecule has 0 aromatic heterocycles. The van der Waals surface area contributed by atoms with Crippen LogP contribution in [-0.4, -0.2) is 7.05 Å². The first kappa shape index (κ1) is 13.8. The molecule has 2 aromatic rings. The molecule has 0 bridgehead atoms. The van der Waals surface area contributed by atoms with E-state index in [0.29, 0.717) is 23.1 Å². The lowest BCUT2D eigenvalue weighted by atomic mass is 10.2. The van der Waals surface area contributed by atoms with Crippen LogP contribution in [0.3, 0.4) is 0 Å². The zero-order valence-electron chi connectivity index (χ0n) is 10.8. The van der Waals surface area contributed by atoms with Gasteiger partial charge in [0.05, 0.1) is 0 Å². The summed E-state index contributed by atoms with van der Waals surface area (Å²) in [4.78, 5) is 0. The summed E-state index contributed by atoms with van der Waals surface area (Å²) in [6, 6.07) is 9.90. The second-order valence-corrected chi connectivity index (χ2v) is 4.73. The van der Waals surface area contributed by atoms with E-state index in [1.54, 1.807) is 18.2 Å². The fourth-order valence-corrected chi connectivity index (χ4v) is 1.92. The van der Waals surface area contributed by atoms with Crippen molar-refractivity contribution in [2.75, 3.05) is 7.05 Å². The van der Waals surface area contributed by atoms with Gasteiger partial charge in [-0.1, -0.05) is 23.7 Å². The van der Waals surface area contributed by atoms with Crippen LogP contribution in [0.2, 0.25) is 5.02 Å². The first-order chi connectivity index (χ1) is 9.10. The summed E-state index contributed by atoms with van der Waals surface area (Å²) < 4.78 is 19.0. The molecule has 0 aliphatic rings. The predicted molar refractivity (Wildman–Crippen MR) is 75.4 cm³/mol. The molecule has 2 rings (SSSR count). The molecule has 0 saturated carbocycles. The lowest BCUT2D eigenvalue weighted by Crippen LogP contribution is -2.06. The molecule has 0 saturated heterocycles. The number of benzene rings is 2. The Kier molecular flexibility index (Phi) is 4.40. The van der Waals surface area contributed by atoms with E-state index in [1.165, 1.54) is 12.1 Å². The molecule has 0 spiro atoms. The summed E-state index contributed by atoms with van der Waals surface area (Å²) in [7, 11) is 1.85. The lowest BCUT2D eigenvalue weighted by Gasteiger charge is -2.13. The Morgan fingerprint density at radius 2 is 1.95 bits per heavy atom. The Balaban J connectivity index is 2.36. The molecule has 0 fully saturated rings. The van der Waals surface area contributed by atoms with Crippen LogP contribution in [0.25, 0.3) is 0 Å². The molecule has 2 aromatic carbocycles. The normalized spacial score (nSPS) is 10.5. The zero-order chi connectivity index (χ0) is 13.8. The molecule has 0 radical (unpaired) electrons. The third-order valence-electron chi connectivity index (χ3n) is 2.77. The average molecular weight is 280 g/mol. The molecule has 0 heterocycles. The molecule has 19 heavy (non-hydrogen) atoms. The topological polar surface area (TPSA) is 21.3 Å². The van der Waals surface area contributed by atoms with Gasteiger partial charge in [-0.25, -0.2) is 4.39 Å². The molecule has 0 unspecified atom stereocenters. The van der Waals surface area contributed by atoms with Crippen molar-refractivity contribution in [3.63, 3.8) is 0 Å². The third kappa shape index (κ3) is 3.46. The van der Waals surface area contributed by atoms with Gasteiger partial charge in [-0.15, -0.1) is 0 Å². The van der Waals surface area contributed by atoms with Gasteiger partial charge in [0.15, 0.2) is 0 Å². The van der Waals surface area contributed by atoms with Crippen LogP contribution in [0.5, 0.6) is 11.5 Å². The fourth-order valence-electron chi connectivity index (χ4n) is 1.76. The highest BCUT2D eigenvalue weighted by atomic mass is 35.5. The van der Waals surface area contributed by atoms with E-state index in [9.17, 15) is 4.39 Å². The molecule has 0 amide bonds. The van der Waals surface area contributed by atoms with E-state index in [-0.39, 0.29) is 5.82 Å². The zero-order valence-corrected chi connectivity index (χ0v) is 11.6. The first-order valence-corrected chi connectivity index (χ1v) is 6.35. The molecular formula is C15H15ClFNO. The van der Waals surface area contributed by atoms with Crippen LogP contribution in [-0.2, 0) is 6.54 Å². The van der Waals surface area contributed by atoms with Crippen LogP contribution in [0.15, 0.2) is 36.4 Å². The molecule has 1 N–H and O–H groups in total. The summed E-state index contributed by atoms with van der Waals surface area (Å²) in [5, 5.41) is 3.65. The highest BCUT2D eigenvalue weighted by molar-refractivity contribution is 6.30. The van der Waals surface area contributed by atoms with Crippen molar-refractivity contribution in [3.8, 4) is 11.5 Å². The fraction of sp³-hybridized carbons (Fsp3) is 0.200. The van der Waals surface area contributed by atoms with Gasteiger partial charge in [-0.2, -0.15) is 0 Å². The van der Waals surface area contributed by atoms with E-state index < -0.39 is 0 Å². The Morgan fingerprint density at radius 1 is 1.16 bits per heavy atom. The molecular weight excluding hydrogens is 265 g/mol. The highest BCUT2D eigenvalue weighted by Gasteiger charge is 2.08. The number of nitrogens with one attached hydrogen (secondary N) is 1. The van der Waals surface area contributed by atoms with Gasteiger partial charge in [-0.3, -0.25) is 0 Å². The van der Waals surface area contributed by atoms with Crippen LogP contribution in [0.4, 0.5) is 4.39 Å². The summed E-state index contributed by atoms with van der Waals surface area (Å²) in [5.74, 6) is 0.813. The van der Waals surface area contributed by atoms with Crippen LogP contribution in [0.1, 0.15) is 11.1 Å². The quantitative estimate of drug-likeness (QED) is 0.901. The monoisotopic (exact) mass is 279 g/mol. The van der Waals surface area contributed by atoms with Gasteiger partial charge in [0.1, 0.15) is 17.3 Å². The summed E-state index contributed by atoms with van der Waals surface area (Å²) in [6.07, 6.45) is 0. The number of ether oxygens (including phenoxy) is 1. The van der Waals surface area contributed by atoms with Gasteiger partial charge in [0.25, 0.3) is 0 Å². The van der Waals surface area contributed by atoms with Crippen molar-refractivity contribution in [1.29, 1.82) is 0 Å². The summed E-state index contributed by atoms with van der Waals surface area (Å²) >= 11 is 5.98. The smallest absolute Gasteiger partial charge is 0.133 e. The minimum Gasteiger partial charge on any atom is -0.457 e. The number of hydrogen-bond acceptors (Lipinski definition) is 2. The number of aryl methyl sites for hydroxylation is 1. The van der Waals surface area contributed by atoms with Crippen LogP contribution >= 0.6 is 11.6 Å². The van der Waals surface area contributed by atoms with Crippen molar-refractivity contribution in [2.45, 2.75) is 13.5 Å². The van der Waals surface area contributed by atoms with E-state index in [0.717, 1.165) is 11.1 Å². The van der Waals surface area contributed by atoms with Crippen LogP contribution < -0.4 is 10.1 Å². The molecule has 0 aliphatic heterocycles. The Morgan fingerprint density at radius 3 is 2.68 bits per heavy atom. The maximum atomic E-state index is 13.3. The molecule has 0 aliphatic carbocycles. The first-order valence-electron chi connectivity index (χ1n) is 5.97. The summed E-state index contributed by atoms with van der Waals surface area (Å²) in [6.45, 7) is 2.53. The van der Waals surface area contributed by atoms with Crippen molar-refractivity contribution < 1.29 is 9.13 Å². The van der Waals surface area contributed by atoms with Crippen molar-refractivity contribution in [2.24, 2.45) is 0 Å². The number of hydrogen-bond donors (Lipinski definition) is 1. The predicted octanol–water partition coefficient (Wildman–Crippen LogP) is 4.30. The molecule has 100 valence electrons. The van der Waals surface area contributed by atoms with E-state index in [1.807, 2.05) is 20.0 Å². The van der Waals surface area contributed by atoms with Gasteiger partial charge in [-0.05, 0) is 37.7 Å². The van der Waals surface area contributed by atoms with Gasteiger partial charge in [0, 0.05) is 23.2 Å². The molecule has 2 nitrogen and oxygen atoms in total. The van der Waals surface area contributed by atoms with E-state index in [2.05, 4.69) is 5.32 Å². The summed E-state index contributed by atoms with van der Waals surface area (Å²) in [5.41, 5.74) is 1.84. The maximum Gasteiger partial charge on any atom is 0.133 e. The molecule has 0 atom stereocenters. The van der Waals surface area contributed by atoms with Gasteiger partial charge < -0.3 is 10.1 Å². The minimum atomic E-state index is -0.321. The Hall–Kier alpha value is -1.58. The van der Waals surface area contributed by atoms with Crippen molar-refractivity contribution in [3.05, 3.63) is 58.4 Å². The third-order valence-corrected chi connectivity index (χ3v) is 3.00. The lowest BCUT2D eigenvalue weighted by molar-refractivity contribution is 0.465. The van der Waals surface area contributed by atoms with Crippen LogP contribution in [0, 0.1) is 12.7 Å². The minimum absolute atomic E-state index is 0.321. The average Bonchev–Trinajstić information content (AvgIpc) is 2.37. The largest absolute Gasteiger partial charge is 0.457 e.